The first-order valence-electron chi connectivity index (χ1n) is 12.5. The smallest absolute Gasteiger partial charge is 0.256 e. The Hall–Kier alpha value is -3.01. The van der Waals surface area contributed by atoms with E-state index in [-0.39, 0.29) is 30.1 Å². The Morgan fingerprint density at radius 1 is 1.05 bits per heavy atom. The lowest BCUT2D eigenvalue weighted by molar-refractivity contribution is -0.128. The number of hydrogen-bond acceptors (Lipinski definition) is 5. The molecular formula is C27H29ClFN3O5. The summed E-state index contributed by atoms with van der Waals surface area (Å²) in [6.07, 6.45) is 2.40. The van der Waals surface area contributed by atoms with Gasteiger partial charge in [0.15, 0.2) is 0 Å². The number of hydrogen-bond donors (Lipinski definition) is 1. The maximum absolute atomic E-state index is 14.0. The molecule has 3 amide bonds. The monoisotopic (exact) mass is 529 g/mol. The Kier molecular flexibility index (Phi) is 7.46. The molecule has 1 N–H and O–H groups in total. The number of nitrogens with zero attached hydrogens (tertiary/aromatic N) is 2. The third-order valence-corrected chi connectivity index (χ3v) is 7.52. The van der Waals surface area contributed by atoms with Crippen LogP contribution in [0.3, 0.4) is 0 Å². The summed E-state index contributed by atoms with van der Waals surface area (Å²) in [5.74, 6) is -1.52. The highest BCUT2D eigenvalue weighted by Crippen LogP contribution is 2.39. The molecule has 37 heavy (non-hydrogen) atoms. The SMILES string of the molecule is O=C(NC[C@H]1CCCO1)[C@H]1COC2(CCN(C(=O)c3cccc(Cl)c3)CC2)N1C(=O)c1cccc(F)c1. The summed E-state index contributed by atoms with van der Waals surface area (Å²) in [5.41, 5.74) is -0.463. The topological polar surface area (TPSA) is 88.2 Å². The molecule has 196 valence electrons. The van der Waals surface area contributed by atoms with Gasteiger partial charge in [0.1, 0.15) is 17.6 Å². The zero-order valence-corrected chi connectivity index (χ0v) is 21.1. The molecular weight excluding hydrogens is 501 g/mol. The first-order chi connectivity index (χ1) is 17.9. The lowest BCUT2D eigenvalue weighted by atomic mass is 9.96. The van der Waals surface area contributed by atoms with Gasteiger partial charge in [0, 0.05) is 55.2 Å². The molecule has 2 atom stereocenters. The Labute approximate surface area is 219 Å². The summed E-state index contributed by atoms with van der Waals surface area (Å²) in [7, 11) is 0. The molecule has 3 fully saturated rings. The predicted molar refractivity (Wildman–Crippen MR) is 134 cm³/mol. The number of nitrogens with one attached hydrogen (secondary N) is 1. The molecule has 0 radical (unpaired) electrons. The van der Waals surface area contributed by atoms with Crippen molar-refractivity contribution in [2.24, 2.45) is 0 Å². The summed E-state index contributed by atoms with van der Waals surface area (Å²) in [4.78, 5) is 43.1. The van der Waals surface area contributed by atoms with E-state index in [9.17, 15) is 18.8 Å². The van der Waals surface area contributed by atoms with Gasteiger partial charge >= 0.3 is 0 Å². The maximum atomic E-state index is 14.0. The average molecular weight is 530 g/mol. The third kappa shape index (κ3) is 5.35. The molecule has 8 nitrogen and oxygen atoms in total. The summed E-state index contributed by atoms with van der Waals surface area (Å²) in [6, 6.07) is 11.3. The number of amides is 3. The highest BCUT2D eigenvalue weighted by molar-refractivity contribution is 6.30. The van der Waals surface area contributed by atoms with E-state index in [2.05, 4.69) is 5.32 Å². The number of piperidine rings is 1. The van der Waals surface area contributed by atoms with E-state index in [1.165, 1.54) is 23.1 Å². The fourth-order valence-corrected chi connectivity index (χ4v) is 5.52. The van der Waals surface area contributed by atoms with Crippen molar-refractivity contribution in [1.29, 1.82) is 0 Å². The van der Waals surface area contributed by atoms with E-state index in [4.69, 9.17) is 21.1 Å². The molecule has 5 rings (SSSR count). The molecule has 0 aromatic heterocycles. The van der Waals surface area contributed by atoms with Crippen LogP contribution in [0.15, 0.2) is 48.5 Å². The minimum absolute atomic E-state index is 0.0145. The molecule has 0 unspecified atom stereocenters. The van der Waals surface area contributed by atoms with Crippen LogP contribution in [0.2, 0.25) is 5.02 Å². The van der Waals surface area contributed by atoms with Gasteiger partial charge in [-0.1, -0.05) is 23.7 Å². The van der Waals surface area contributed by atoms with E-state index >= 15 is 0 Å². The van der Waals surface area contributed by atoms with Crippen molar-refractivity contribution in [2.45, 2.75) is 43.6 Å². The number of likely N-dealkylation sites (tertiary alicyclic amines) is 1. The molecule has 3 heterocycles. The minimum atomic E-state index is -1.08. The molecule has 0 saturated carbocycles. The van der Waals surface area contributed by atoms with Crippen LogP contribution < -0.4 is 5.32 Å². The third-order valence-electron chi connectivity index (χ3n) is 7.29. The minimum Gasteiger partial charge on any atom is -0.376 e. The number of ether oxygens (including phenoxy) is 2. The number of carbonyl (C=O) groups excluding carboxylic acids is 3. The Balaban J connectivity index is 1.35. The van der Waals surface area contributed by atoms with Crippen molar-refractivity contribution in [1.82, 2.24) is 15.1 Å². The summed E-state index contributed by atoms with van der Waals surface area (Å²) >= 11 is 6.06. The second-order valence-corrected chi connectivity index (χ2v) is 10.1. The molecule has 2 aromatic carbocycles. The van der Waals surface area contributed by atoms with E-state index in [1.807, 2.05) is 0 Å². The first kappa shape index (κ1) is 25.6. The average Bonchev–Trinajstić information content (AvgIpc) is 3.55. The van der Waals surface area contributed by atoms with Crippen LogP contribution >= 0.6 is 11.6 Å². The van der Waals surface area contributed by atoms with E-state index in [0.29, 0.717) is 49.7 Å². The largest absolute Gasteiger partial charge is 0.376 e. The lowest BCUT2D eigenvalue weighted by Gasteiger charge is -2.44. The molecule has 3 saturated heterocycles. The molecule has 0 bridgehead atoms. The van der Waals surface area contributed by atoms with E-state index < -0.39 is 23.5 Å². The Bertz CT molecular complexity index is 1180. The van der Waals surface area contributed by atoms with Gasteiger partial charge in [-0.2, -0.15) is 0 Å². The van der Waals surface area contributed by atoms with Crippen molar-refractivity contribution < 1.29 is 28.2 Å². The second kappa shape index (κ2) is 10.8. The zero-order chi connectivity index (χ0) is 26.0. The van der Waals surface area contributed by atoms with Crippen molar-refractivity contribution in [3.05, 3.63) is 70.5 Å². The normalized spacial score (nSPS) is 22.9. The highest BCUT2D eigenvalue weighted by atomic mass is 35.5. The van der Waals surface area contributed by atoms with Gasteiger partial charge < -0.3 is 19.7 Å². The summed E-state index contributed by atoms with van der Waals surface area (Å²) < 4.78 is 25.8. The van der Waals surface area contributed by atoms with Crippen LogP contribution in [-0.2, 0) is 14.3 Å². The van der Waals surface area contributed by atoms with Gasteiger partial charge in [0.2, 0.25) is 5.91 Å². The molecule has 3 aliphatic heterocycles. The fourth-order valence-electron chi connectivity index (χ4n) is 5.33. The number of benzene rings is 2. The van der Waals surface area contributed by atoms with Crippen LogP contribution in [0.5, 0.6) is 0 Å². The van der Waals surface area contributed by atoms with Crippen molar-refractivity contribution >= 4 is 29.3 Å². The number of carbonyl (C=O) groups is 3. The lowest BCUT2D eigenvalue weighted by Crippen LogP contribution is -2.60. The van der Waals surface area contributed by atoms with E-state index in [0.717, 1.165) is 18.9 Å². The van der Waals surface area contributed by atoms with Crippen LogP contribution in [0, 0.1) is 5.82 Å². The van der Waals surface area contributed by atoms with E-state index in [1.54, 1.807) is 29.2 Å². The fraction of sp³-hybridized carbons (Fsp3) is 0.444. The van der Waals surface area contributed by atoms with Crippen molar-refractivity contribution in [3.63, 3.8) is 0 Å². The summed E-state index contributed by atoms with van der Waals surface area (Å²) in [6.45, 7) is 1.68. The second-order valence-electron chi connectivity index (χ2n) is 9.64. The van der Waals surface area contributed by atoms with Crippen LogP contribution in [0.1, 0.15) is 46.4 Å². The molecule has 1 spiro atoms. The van der Waals surface area contributed by atoms with Gasteiger partial charge in [0.05, 0.1) is 12.7 Å². The molecule has 10 heteroatoms. The number of halogens is 2. The Morgan fingerprint density at radius 2 is 1.78 bits per heavy atom. The first-order valence-corrected chi connectivity index (χ1v) is 12.9. The van der Waals surface area contributed by atoms with Crippen LogP contribution in [-0.4, -0.2) is 78.2 Å². The van der Waals surface area contributed by atoms with Crippen molar-refractivity contribution in [2.75, 3.05) is 32.8 Å². The Morgan fingerprint density at radius 3 is 2.46 bits per heavy atom. The molecule has 2 aromatic rings. The van der Waals surface area contributed by atoms with Crippen molar-refractivity contribution in [3.8, 4) is 0 Å². The summed E-state index contributed by atoms with van der Waals surface area (Å²) in [5, 5.41) is 3.38. The van der Waals surface area contributed by atoms with Crippen LogP contribution in [0.25, 0.3) is 0 Å². The van der Waals surface area contributed by atoms with Gasteiger partial charge in [-0.25, -0.2) is 4.39 Å². The van der Waals surface area contributed by atoms with Crippen LogP contribution in [0.4, 0.5) is 4.39 Å². The predicted octanol–water partition coefficient (Wildman–Crippen LogP) is 3.25. The van der Waals surface area contributed by atoms with Gasteiger partial charge in [-0.3, -0.25) is 19.3 Å². The highest BCUT2D eigenvalue weighted by Gasteiger charge is 2.54. The standard InChI is InChI=1S/C27H29ClFN3O5/c28-20-6-1-4-18(14-20)25(34)31-11-9-27(10-12-31)32(26(35)19-5-2-7-21(29)15-19)23(17-37-27)24(33)30-16-22-8-3-13-36-22/h1-2,4-7,14-15,22-23H,3,8-13,16-17H2,(H,30,33)/t22-,23-/m1/s1. The van der Waals surface area contributed by atoms with Gasteiger partial charge in [-0.15, -0.1) is 0 Å². The quantitative estimate of drug-likeness (QED) is 0.642. The maximum Gasteiger partial charge on any atom is 0.256 e. The zero-order valence-electron chi connectivity index (χ0n) is 20.3. The van der Waals surface area contributed by atoms with Gasteiger partial charge in [-0.05, 0) is 49.2 Å². The van der Waals surface area contributed by atoms with Gasteiger partial charge in [0.25, 0.3) is 11.8 Å². The molecule has 3 aliphatic rings. The molecule has 0 aliphatic carbocycles. The number of rotatable bonds is 5.